The SMILES string of the molecule is CC1=CCN(CC2CCC(CN)CC2)CC1. The van der Waals surface area contributed by atoms with Crippen molar-refractivity contribution in [1.82, 2.24) is 4.90 Å². The lowest BCUT2D eigenvalue weighted by molar-refractivity contribution is 0.190. The van der Waals surface area contributed by atoms with Crippen LogP contribution in [0.25, 0.3) is 0 Å². The first-order valence-electron chi connectivity index (χ1n) is 6.86. The zero-order valence-electron chi connectivity index (χ0n) is 10.6. The summed E-state index contributed by atoms with van der Waals surface area (Å²) in [6.45, 7) is 6.94. The minimum atomic E-state index is 0.819. The number of nitrogens with zero attached hydrogens (tertiary/aromatic N) is 1. The lowest BCUT2D eigenvalue weighted by Gasteiger charge is -2.33. The van der Waals surface area contributed by atoms with Crippen LogP contribution in [0.3, 0.4) is 0 Å². The van der Waals surface area contributed by atoms with Gasteiger partial charge in [-0.1, -0.05) is 11.6 Å². The summed E-state index contributed by atoms with van der Waals surface area (Å²) in [5, 5.41) is 0. The molecule has 0 radical (unpaired) electrons. The molecule has 2 aliphatic rings. The van der Waals surface area contributed by atoms with Gasteiger partial charge < -0.3 is 5.73 Å². The second kappa shape index (κ2) is 5.83. The van der Waals surface area contributed by atoms with Crippen LogP contribution >= 0.6 is 0 Å². The van der Waals surface area contributed by atoms with Gasteiger partial charge in [0.2, 0.25) is 0 Å². The van der Waals surface area contributed by atoms with Crippen molar-refractivity contribution in [2.45, 2.75) is 39.0 Å². The summed E-state index contributed by atoms with van der Waals surface area (Å²) in [6, 6.07) is 0. The van der Waals surface area contributed by atoms with E-state index in [0.29, 0.717) is 0 Å². The summed E-state index contributed by atoms with van der Waals surface area (Å²) in [6.07, 6.45) is 9.21. The van der Waals surface area contributed by atoms with Crippen LogP contribution in [0.5, 0.6) is 0 Å². The Labute approximate surface area is 99.9 Å². The first-order valence-corrected chi connectivity index (χ1v) is 6.86. The van der Waals surface area contributed by atoms with Gasteiger partial charge in [-0.2, -0.15) is 0 Å². The molecular formula is C14H26N2. The van der Waals surface area contributed by atoms with Gasteiger partial charge in [0.15, 0.2) is 0 Å². The van der Waals surface area contributed by atoms with Crippen molar-refractivity contribution in [3.8, 4) is 0 Å². The highest BCUT2D eigenvalue weighted by Crippen LogP contribution is 2.29. The first kappa shape index (κ1) is 12.1. The molecule has 1 aliphatic heterocycles. The number of nitrogens with two attached hydrogens (primary N) is 1. The van der Waals surface area contributed by atoms with Crippen molar-refractivity contribution in [3.63, 3.8) is 0 Å². The number of hydrogen-bond acceptors (Lipinski definition) is 2. The normalized spacial score (nSPS) is 32.5. The van der Waals surface area contributed by atoms with E-state index in [1.165, 1.54) is 51.7 Å². The lowest BCUT2D eigenvalue weighted by Crippen LogP contribution is -2.35. The van der Waals surface area contributed by atoms with Crippen molar-refractivity contribution < 1.29 is 0 Å². The second-order valence-electron chi connectivity index (χ2n) is 5.68. The smallest absolute Gasteiger partial charge is 0.0165 e. The van der Waals surface area contributed by atoms with Gasteiger partial charge in [-0.05, 0) is 57.4 Å². The zero-order chi connectivity index (χ0) is 11.4. The maximum Gasteiger partial charge on any atom is 0.0165 e. The molecule has 92 valence electrons. The maximum absolute atomic E-state index is 5.73. The van der Waals surface area contributed by atoms with E-state index in [4.69, 9.17) is 5.73 Å². The third kappa shape index (κ3) is 3.33. The third-order valence-corrected chi connectivity index (χ3v) is 4.34. The van der Waals surface area contributed by atoms with E-state index in [2.05, 4.69) is 17.9 Å². The molecule has 1 fully saturated rings. The average molecular weight is 222 g/mol. The molecule has 0 bridgehead atoms. The fourth-order valence-electron chi connectivity index (χ4n) is 2.99. The Morgan fingerprint density at radius 2 is 1.94 bits per heavy atom. The van der Waals surface area contributed by atoms with Crippen molar-refractivity contribution in [2.24, 2.45) is 17.6 Å². The van der Waals surface area contributed by atoms with Crippen molar-refractivity contribution in [2.75, 3.05) is 26.2 Å². The van der Waals surface area contributed by atoms with Gasteiger partial charge in [0, 0.05) is 19.6 Å². The van der Waals surface area contributed by atoms with E-state index in [1.54, 1.807) is 5.57 Å². The van der Waals surface area contributed by atoms with E-state index in [1.807, 2.05) is 0 Å². The maximum atomic E-state index is 5.73. The summed E-state index contributed by atoms with van der Waals surface area (Å²) < 4.78 is 0. The Kier molecular flexibility index (Phi) is 4.42. The molecule has 0 saturated heterocycles. The van der Waals surface area contributed by atoms with Crippen LogP contribution in [-0.2, 0) is 0 Å². The number of rotatable bonds is 3. The van der Waals surface area contributed by atoms with Crippen molar-refractivity contribution >= 4 is 0 Å². The fourth-order valence-corrected chi connectivity index (χ4v) is 2.99. The van der Waals surface area contributed by atoms with Crippen LogP contribution in [0, 0.1) is 11.8 Å². The molecular weight excluding hydrogens is 196 g/mol. The van der Waals surface area contributed by atoms with E-state index in [9.17, 15) is 0 Å². The quantitative estimate of drug-likeness (QED) is 0.743. The minimum absolute atomic E-state index is 0.819. The van der Waals surface area contributed by atoms with Crippen LogP contribution in [0.1, 0.15) is 39.0 Å². The van der Waals surface area contributed by atoms with Crippen LogP contribution in [-0.4, -0.2) is 31.1 Å². The highest BCUT2D eigenvalue weighted by molar-refractivity contribution is 5.03. The summed E-state index contributed by atoms with van der Waals surface area (Å²) in [5.74, 6) is 1.76. The van der Waals surface area contributed by atoms with Gasteiger partial charge >= 0.3 is 0 Å². The van der Waals surface area contributed by atoms with Crippen LogP contribution in [0.2, 0.25) is 0 Å². The highest BCUT2D eigenvalue weighted by Gasteiger charge is 2.22. The zero-order valence-corrected chi connectivity index (χ0v) is 10.6. The predicted molar refractivity (Wildman–Crippen MR) is 69.3 cm³/mol. The fraction of sp³-hybridized carbons (Fsp3) is 0.857. The topological polar surface area (TPSA) is 29.3 Å². The van der Waals surface area contributed by atoms with E-state index >= 15 is 0 Å². The average Bonchev–Trinajstić information content (AvgIpc) is 2.33. The van der Waals surface area contributed by atoms with Crippen molar-refractivity contribution in [3.05, 3.63) is 11.6 Å². The molecule has 0 aromatic heterocycles. The molecule has 2 nitrogen and oxygen atoms in total. The molecule has 0 spiro atoms. The van der Waals surface area contributed by atoms with Gasteiger partial charge in [0.05, 0.1) is 0 Å². The molecule has 2 N–H and O–H groups in total. The van der Waals surface area contributed by atoms with E-state index in [0.717, 1.165) is 18.4 Å². The molecule has 1 saturated carbocycles. The van der Waals surface area contributed by atoms with Crippen molar-refractivity contribution in [1.29, 1.82) is 0 Å². The third-order valence-electron chi connectivity index (χ3n) is 4.34. The Hall–Kier alpha value is -0.340. The summed E-state index contributed by atoms with van der Waals surface area (Å²) in [4.78, 5) is 2.63. The number of hydrogen-bond donors (Lipinski definition) is 1. The first-order chi connectivity index (χ1) is 7.78. The Bertz CT molecular complexity index is 239. The van der Waals surface area contributed by atoms with Crippen LogP contribution in [0.15, 0.2) is 11.6 Å². The minimum Gasteiger partial charge on any atom is -0.330 e. The van der Waals surface area contributed by atoms with Gasteiger partial charge in [0.1, 0.15) is 0 Å². The molecule has 2 rings (SSSR count). The Morgan fingerprint density at radius 3 is 2.50 bits per heavy atom. The molecule has 1 aliphatic carbocycles. The lowest BCUT2D eigenvalue weighted by atomic mass is 9.81. The Balaban J connectivity index is 1.71. The molecule has 0 atom stereocenters. The second-order valence-corrected chi connectivity index (χ2v) is 5.68. The molecule has 0 amide bonds. The molecule has 0 aromatic rings. The summed E-state index contributed by atoms with van der Waals surface area (Å²) >= 11 is 0. The largest absolute Gasteiger partial charge is 0.330 e. The molecule has 2 heteroatoms. The molecule has 0 unspecified atom stereocenters. The van der Waals surface area contributed by atoms with Gasteiger partial charge in [0.25, 0.3) is 0 Å². The van der Waals surface area contributed by atoms with Crippen LogP contribution < -0.4 is 5.73 Å². The Morgan fingerprint density at radius 1 is 1.25 bits per heavy atom. The van der Waals surface area contributed by atoms with E-state index < -0.39 is 0 Å². The summed E-state index contributed by atoms with van der Waals surface area (Å²) in [7, 11) is 0. The van der Waals surface area contributed by atoms with Gasteiger partial charge in [-0.25, -0.2) is 0 Å². The molecule has 16 heavy (non-hydrogen) atoms. The monoisotopic (exact) mass is 222 g/mol. The predicted octanol–water partition coefficient (Wildman–Crippen LogP) is 2.40. The molecule has 0 aromatic carbocycles. The standard InChI is InChI=1S/C14H26N2/c1-12-6-8-16(9-7-12)11-14-4-2-13(10-15)3-5-14/h6,13-14H,2-5,7-11,15H2,1H3. The van der Waals surface area contributed by atoms with Gasteiger partial charge in [-0.3, -0.25) is 4.90 Å². The van der Waals surface area contributed by atoms with Crippen LogP contribution in [0.4, 0.5) is 0 Å². The summed E-state index contributed by atoms with van der Waals surface area (Å²) in [5.41, 5.74) is 7.30. The van der Waals surface area contributed by atoms with E-state index in [-0.39, 0.29) is 0 Å². The highest BCUT2D eigenvalue weighted by atomic mass is 15.1. The molecule has 1 heterocycles. The van der Waals surface area contributed by atoms with Gasteiger partial charge in [-0.15, -0.1) is 0 Å².